The number of aryl methyl sites for hydroxylation is 1. The summed E-state index contributed by atoms with van der Waals surface area (Å²) in [6.07, 6.45) is 3.56. The number of carbonyl (C=O) groups excluding carboxylic acids is 1. The molecule has 1 amide bonds. The molecule has 7 nitrogen and oxygen atoms in total. The minimum atomic E-state index is -0.181. The Balaban J connectivity index is 1.89. The molecule has 2 heterocycles. The molecule has 150 valence electrons. The van der Waals surface area contributed by atoms with E-state index in [2.05, 4.69) is 12.0 Å². The number of carbonyl (C=O) groups is 1. The van der Waals surface area contributed by atoms with E-state index >= 15 is 0 Å². The molecule has 1 aliphatic rings. The second kappa shape index (κ2) is 8.91. The highest BCUT2D eigenvalue weighted by atomic mass is 16.5. The van der Waals surface area contributed by atoms with Crippen molar-refractivity contribution in [2.75, 3.05) is 20.8 Å². The van der Waals surface area contributed by atoms with Gasteiger partial charge in [-0.25, -0.2) is 4.68 Å². The summed E-state index contributed by atoms with van der Waals surface area (Å²) in [5.74, 6) is 1.25. The van der Waals surface area contributed by atoms with Crippen LogP contribution < -0.4 is 15.0 Å². The summed E-state index contributed by atoms with van der Waals surface area (Å²) in [5.41, 5.74) is 1.07. The molecule has 0 saturated carbocycles. The van der Waals surface area contributed by atoms with Crippen molar-refractivity contribution < 1.29 is 14.3 Å². The molecule has 0 radical (unpaired) electrons. The third-order valence-corrected chi connectivity index (χ3v) is 5.12. The predicted molar refractivity (Wildman–Crippen MR) is 106 cm³/mol. The van der Waals surface area contributed by atoms with E-state index in [4.69, 9.17) is 9.47 Å². The minimum absolute atomic E-state index is 0.0915. The molecule has 0 spiro atoms. The third kappa shape index (κ3) is 4.03. The Morgan fingerprint density at radius 1 is 1.21 bits per heavy atom. The summed E-state index contributed by atoms with van der Waals surface area (Å²) < 4.78 is 12.2. The van der Waals surface area contributed by atoms with Gasteiger partial charge in [0.15, 0.2) is 0 Å². The Hall–Kier alpha value is -2.83. The zero-order valence-corrected chi connectivity index (χ0v) is 16.7. The molecule has 1 saturated heterocycles. The number of methoxy groups -OCH3 is 2. The van der Waals surface area contributed by atoms with Gasteiger partial charge in [0, 0.05) is 30.8 Å². The largest absolute Gasteiger partial charge is 0.497 e. The molecule has 1 fully saturated rings. The molecule has 2 aromatic rings. The Morgan fingerprint density at radius 3 is 2.75 bits per heavy atom. The number of rotatable bonds is 7. The van der Waals surface area contributed by atoms with Crippen LogP contribution in [0.5, 0.6) is 11.5 Å². The van der Waals surface area contributed by atoms with Crippen molar-refractivity contribution in [2.45, 2.75) is 45.2 Å². The van der Waals surface area contributed by atoms with Gasteiger partial charge in [0.2, 0.25) is 0 Å². The van der Waals surface area contributed by atoms with Gasteiger partial charge in [-0.3, -0.25) is 9.59 Å². The Bertz CT molecular complexity index is 893. The second-order valence-corrected chi connectivity index (χ2v) is 6.90. The van der Waals surface area contributed by atoms with Crippen LogP contribution in [0.2, 0.25) is 0 Å². The van der Waals surface area contributed by atoms with Crippen LogP contribution >= 0.6 is 0 Å². The summed E-state index contributed by atoms with van der Waals surface area (Å²) in [6.45, 7) is 3.22. The van der Waals surface area contributed by atoms with Gasteiger partial charge in [0.05, 0.1) is 20.3 Å². The SMILES string of the molecule is CCCCn1nc(C(=O)N2CCCC2c2ccc(OC)cc2OC)ccc1=O. The van der Waals surface area contributed by atoms with Crippen LogP contribution in [0.1, 0.15) is 54.7 Å². The predicted octanol–water partition coefficient (Wildman–Crippen LogP) is 3.04. The number of hydrogen-bond donors (Lipinski definition) is 0. The molecule has 1 aliphatic heterocycles. The lowest BCUT2D eigenvalue weighted by Gasteiger charge is -2.26. The molecule has 1 aromatic carbocycles. The maximum atomic E-state index is 13.2. The number of likely N-dealkylation sites (tertiary alicyclic amines) is 1. The highest BCUT2D eigenvalue weighted by Gasteiger charge is 2.33. The van der Waals surface area contributed by atoms with Gasteiger partial charge in [0.1, 0.15) is 17.2 Å². The van der Waals surface area contributed by atoms with Crippen LogP contribution in [-0.2, 0) is 6.54 Å². The third-order valence-electron chi connectivity index (χ3n) is 5.12. The fourth-order valence-electron chi connectivity index (χ4n) is 3.61. The minimum Gasteiger partial charge on any atom is -0.497 e. The topological polar surface area (TPSA) is 73.7 Å². The van der Waals surface area contributed by atoms with E-state index in [0.29, 0.717) is 30.3 Å². The van der Waals surface area contributed by atoms with Crippen LogP contribution in [-0.4, -0.2) is 41.4 Å². The summed E-state index contributed by atoms with van der Waals surface area (Å²) in [6, 6.07) is 8.51. The van der Waals surface area contributed by atoms with Gasteiger partial charge in [0.25, 0.3) is 11.5 Å². The standard InChI is InChI=1S/C21H27N3O4/c1-4-5-13-24-20(25)11-10-17(22-24)21(26)23-12-6-7-18(23)16-9-8-15(27-2)14-19(16)28-3/h8-11,14,18H,4-7,12-13H2,1-3H3. The zero-order chi connectivity index (χ0) is 20.1. The smallest absolute Gasteiger partial charge is 0.274 e. The van der Waals surface area contributed by atoms with Crippen molar-refractivity contribution in [3.05, 3.63) is 51.9 Å². The lowest BCUT2D eigenvalue weighted by atomic mass is 10.0. The summed E-state index contributed by atoms with van der Waals surface area (Å²) >= 11 is 0. The number of benzene rings is 1. The number of aromatic nitrogens is 2. The van der Waals surface area contributed by atoms with Crippen molar-refractivity contribution >= 4 is 5.91 Å². The van der Waals surface area contributed by atoms with E-state index in [9.17, 15) is 9.59 Å². The van der Waals surface area contributed by atoms with E-state index in [1.54, 1.807) is 14.2 Å². The second-order valence-electron chi connectivity index (χ2n) is 6.90. The average molecular weight is 385 g/mol. The molecule has 3 rings (SSSR count). The Morgan fingerprint density at radius 2 is 2.04 bits per heavy atom. The van der Waals surface area contributed by atoms with Gasteiger partial charge < -0.3 is 14.4 Å². The molecule has 1 unspecified atom stereocenters. The van der Waals surface area contributed by atoms with Crippen LogP contribution in [0.4, 0.5) is 0 Å². The van der Waals surface area contributed by atoms with Crippen LogP contribution in [0.15, 0.2) is 35.1 Å². The fourth-order valence-corrected chi connectivity index (χ4v) is 3.61. The van der Waals surface area contributed by atoms with E-state index in [-0.39, 0.29) is 17.5 Å². The average Bonchev–Trinajstić information content (AvgIpc) is 3.21. The maximum absolute atomic E-state index is 13.2. The molecular formula is C21H27N3O4. The van der Waals surface area contributed by atoms with Crippen LogP contribution in [0, 0.1) is 0 Å². The normalized spacial score (nSPS) is 16.2. The first-order chi connectivity index (χ1) is 13.6. The van der Waals surface area contributed by atoms with E-state index in [1.165, 1.54) is 16.8 Å². The van der Waals surface area contributed by atoms with Crippen LogP contribution in [0.3, 0.4) is 0 Å². The van der Waals surface area contributed by atoms with Gasteiger partial charge in [-0.05, 0) is 37.5 Å². The van der Waals surface area contributed by atoms with E-state index < -0.39 is 0 Å². The number of hydrogen-bond acceptors (Lipinski definition) is 5. The zero-order valence-electron chi connectivity index (χ0n) is 16.7. The molecule has 7 heteroatoms. The van der Waals surface area contributed by atoms with Crippen LogP contribution in [0.25, 0.3) is 0 Å². The monoisotopic (exact) mass is 385 g/mol. The molecule has 0 N–H and O–H groups in total. The summed E-state index contributed by atoms with van der Waals surface area (Å²) in [4.78, 5) is 27.0. The lowest BCUT2D eigenvalue weighted by molar-refractivity contribution is 0.0725. The maximum Gasteiger partial charge on any atom is 0.274 e. The Labute approximate surface area is 164 Å². The first-order valence-electron chi connectivity index (χ1n) is 9.70. The number of nitrogens with zero attached hydrogens (tertiary/aromatic N) is 3. The first kappa shape index (κ1) is 19.9. The summed E-state index contributed by atoms with van der Waals surface area (Å²) in [5, 5.41) is 4.31. The van der Waals surface area contributed by atoms with Gasteiger partial charge in [-0.15, -0.1) is 0 Å². The quantitative estimate of drug-likeness (QED) is 0.732. The van der Waals surface area contributed by atoms with Gasteiger partial charge in [-0.1, -0.05) is 13.3 Å². The number of ether oxygens (including phenoxy) is 2. The molecule has 1 aromatic heterocycles. The fraction of sp³-hybridized carbons (Fsp3) is 0.476. The number of unbranched alkanes of at least 4 members (excludes halogenated alkanes) is 1. The van der Waals surface area contributed by atoms with E-state index in [1.807, 2.05) is 23.1 Å². The highest BCUT2D eigenvalue weighted by molar-refractivity contribution is 5.92. The molecule has 0 bridgehead atoms. The van der Waals surface area contributed by atoms with Crippen molar-refractivity contribution in [2.24, 2.45) is 0 Å². The van der Waals surface area contributed by atoms with Gasteiger partial charge >= 0.3 is 0 Å². The highest BCUT2D eigenvalue weighted by Crippen LogP contribution is 2.39. The van der Waals surface area contributed by atoms with Crippen molar-refractivity contribution in [3.8, 4) is 11.5 Å². The lowest BCUT2D eigenvalue weighted by Crippen LogP contribution is -2.33. The van der Waals surface area contributed by atoms with Crippen molar-refractivity contribution in [1.82, 2.24) is 14.7 Å². The van der Waals surface area contributed by atoms with E-state index in [0.717, 1.165) is 31.2 Å². The van der Waals surface area contributed by atoms with Crippen molar-refractivity contribution in [1.29, 1.82) is 0 Å². The molecule has 1 atom stereocenters. The Kier molecular flexibility index (Phi) is 6.34. The first-order valence-corrected chi connectivity index (χ1v) is 9.70. The van der Waals surface area contributed by atoms with Crippen molar-refractivity contribution in [3.63, 3.8) is 0 Å². The number of amides is 1. The molecule has 28 heavy (non-hydrogen) atoms. The molecular weight excluding hydrogens is 358 g/mol. The van der Waals surface area contributed by atoms with Gasteiger partial charge in [-0.2, -0.15) is 5.10 Å². The molecule has 0 aliphatic carbocycles. The summed E-state index contributed by atoms with van der Waals surface area (Å²) in [7, 11) is 3.23.